The first-order valence-corrected chi connectivity index (χ1v) is 5.11. The second-order valence-corrected chi connectivity index (χ2v) is 4.75. The van der Waals surface area contributed by atoms with Gasteiger partial charge in [-0.15, -0.1) is 0 Å². The van der Waals surface area contributed by atoms with Gasteiger partial charge >= 0.3 is 0 Å². The van der Waals surface area contributed by atoms with E-state index in [9.17, 15) is 0 Å². The smallest absolute Gasteiger partial charge is 0.156 e. The van der Waals surface area contributed by atoms with Crippen molar-refractivity contribution < 1.29 is 5.21 Å². The van der Waals surface area contributed by atoms with Crippen LogP contribution in [0.15, 0.2) is 5.16 Å². The van der Waals surface area contributed by atoms with Gasteiger partial charge in [0.1, 0.15) is 0 Å². The Hall–Kier alpha value is -0.770. The summed E-state index contributed by atoms with van der Waals surface area (Å²) in [7, 11) is 0. The van der Waals surface area contributed by atoms with Crippen molar-refractivity contribution in [1.29, 1.82) is 0 Å². The van der Waals surface area contributed by atoms with E-state index in [4.69, 9.17) is 10.9 Å². The molecular weight excluding hydrogens is 178 g/mol. The molecule has 0 aliphatic rings. The van der Waals surface area contributed by atoms with Crippen molar-refractivity contribution >= 4 is 5.84 Å². The zero-order chi connectivity index (χ0) is 11.2. The van der Waals surface area contributed by atoms with Crippen molar-refractivity contribution in [3.8, 4) is 0 Å². The van der Waals surface area contributed by atoms with Crippen molar-refractivity contribution in [3.63, 3.8) is 0 Å². The van der Waals surface area contributed by atoms with Crippen molar-refractivity contribution in [2.45, 2.75) is 46.6 Å². The Morgan fingerprint density at radius 3 is 2.43 bits per heavy atom. The Morgan fingerprint density at radius 1 is 1.50 bits per heavy atom. The maximum Gasteiger partial charge on any atom is 0.156 e. The summed E-state index contributed by atoms with van der Waals surface area (Å²) in [5.41, 5.74) is 5.83. The van der Waals surface area contributed by atoms with Crippen LogP contribution in [0, 0.1) is 5.41 Å². The molecule has 1 unspecified atom stereocenters. The summed E-state index contributed by atoms with van der Waals surface area (Å²) in [5.74, 6) is 0.265. The van der Waals surface area contributed by atoms with Gasteiger partial charge in [0.15, 0.2) is 5.84 Å². The first-order valence-electron chi connectivity index (χ1n) is 5.11. The lowest BCUT2D eigenvalue weighted by Crippen LogP contribution is -2.42. The molecule has 0 saturated heterocycles. The van der Waals surface area contributed by atoms with Crippen LogP contribution in [0.2, 0.25) is 0 Å². The number of nitrogens with two attached hydrogens (primary N) is 1. The molecule has 0 rings (SSSR count). The first-order chi connectivity index (χ1) is 6.40. The number of oxime groups is 1. The van der Waals surface area contributed by atoms with Gasteiger partial charge in [0.2, 0.25) is 0 Å². The van der Waals surface area contributed by atoms with Gasteiger partial charge in [-0.2, -0.15) is 0 Å². The van der Waals surface area contributed by atoms with Crippen LogP contribution in [0.5, 0.6) is 0 Å². The van der Waals surface area contributed by atoms with Crippen LogP contribution in [-0.2, 0) is 0 Å². The fourth-order valence-corrected chi connectivity index (χ4v) is 1.15. The van der Waals surface area contributed by atoms with Gasteiger partial charge in [-0.05, 0) is 24.8 Å². The third kappa shape index (κ3) is 5.80. The SMILES string of the molecule is CCC(NCCC(C)(C)C)C(N)=NO. The minimum Gasteiger partial charge on any atom is -0.409 e. The Balaban J connectivity index is 3.86. The maximum atomic E-state index is 8.52. The molecule has 0 heterocycles. The summed E-state index contributed by atoms with van der Waals surface area (Å²) in [5, 5.41) is 14.8. The number of amidine groups is 1. The number of hydrogen-bond acceptors (Lipinski definition) is 3. The molecule has 0 aliphatic heterocycles. The van der Waals surface area contributed by atoms with E-state index in [1.54, 1.807) is 0 Å². The van der Waals surface area contributed by atoms with E-state index in [0.717, 1.165) is 19.4 Å². The Morgan fingerprint density at radius 2 is 2.07 bits per heavy atom. The molecule has 0 saturated carbocycles. The summed E-state index contributed by atoms with van der Waals surface area (Å²) < 4.78 is 0. The molecule has 14 heavy (non-hydrogen) atoms. The molecule has 4 N–H and O–H groups in total. The second kappa shape index (κ2) is 5.86. The van der Waals surface area contributed by atoms with Crippen molar-refractivity contribution in [3.05, 3.63) is 0 Å². The number of hydrogen-bond donors (Lipinski definition) is 3. The highest BCUT2D eigenvalue weighted by atomic mass is 16.4. The Labute approximate surface area is 86.6 Å². The van der Waals surface area contributed by atoms with Gasteiger partial charge in [0.05, 0.1) is 6.04 Å². The largest absolute Gasteiger partial charge is 0.409 e. The zero-order valence-electron chi connectivity index (χ0n) is 9.67. The molecule has 1 atom stereocenters. The van der Waals surface area contributed by atoms with E-state index in [-0.39, 0.29) is 11.9 Å². The lowest BCUT2D eigenvalue weighted by atomic mass is 9.92. The summed E-state index contributed by atoms with van der Waals surface area (Å²) in [6, 6.07) is -0.0117. The standard InChI is InChI=1S/C10H23N3O/c1-5-8(9(11)13-14)12-7-6-10(2,3)4/h8,12,14H,5-7H2,1-4H3,(H2,11,13). The Kier molecular flexibility index (Phi) is 5.53. The van der Waals surface area contributed by atoms with E-state index >= 15 is 0 Å². The molecule has 84 valence electrons. The fourth-order valence-electron chi connectivity index (χ4n) is 1.15. The molecule has 0 amide bonds. The van der Waals surface area contributed by atoms with Crippen LogP contribution in [0.3, 0.4) is 0 Å². The fraction of sp³-hybridized carbons (Fsp3) is 0.900. The number of nitrogens with zero attached hydrogens (tertiary/aromatic N) is 1. The molecule has 0 radical (unpaired) electrons. The van der Waals surface area contributed by atoms with Crippen LogP contribution in [0.1, 0.15) is 40.5 Å². The summed E-state index contributed by atoms with van der Waals surface area (Å²) in [4.78, 5) is 0. The lowest BCUT2D eigenvalue weighted by molar-refractivity contribution is 0.312. The highest BCUT2D eigenvalue weighted by Crippen LogP contribution is 2.17. The third-order valence-corrected chi connectivity index (χ3v) is 2.15. The maximum absolute atomic E-state index is 8.52. The van der Waals surface area contributed by atoms with Gasteiger partial charge in [0, 0.05) is 0 Å². The van der Waals surface area contributed by atoms with Crippen molar-refractivity contribution in [2.75, 3.05) is 6.54 Å². The number of nitrogens with one attached hydrogen (secondary N) is 1. The zero-order valence-corrected chi connectivity index (χ0v) is 9.67. The second-order valence-electron chi connectivity index (χ2n) is 4.75. The predicted octanol–water partition coefficient (Wildman–Crippen LogP) is 1.54. The molecule has 0 aromatic carbocycles. The molecule has 0 bridgehead atoms. The topological polar surface area (TPSA) is 70.6 Å². The highest BCUT2D eigenvalue weighted by molar-refractivity contribution is 5.85. The molecule has 0 aromatic rings. The Bertz CT molecular complexity index is 184. The van der Waals surface area contributed by atoms with Crippen LogP contribution in [-0.4, -0.2) is 23.6 Å². The minimum atomic E-state index is -0.0117. The molecular formula is C10H23N3O. The normalized spacial score (nSPS) is 15.6. The predicted molar refractivity (Wildman–Crippen MR) is 59.6 cm³/mol. The van der Waals surface area contributed by atoms with Gasteiger partial charge in [-0.1, -0.05) is 32.9 Å². The van der Waals surface area contributed by atoms with E-state index in [1.165, 1.54) is 0 Å². The third-order valence-electron chi connectivity index (χ3n) is 2.15. The van der Waals surface area contributed by atoms with Gasteiger partial charge < -0.3 is 16.3 Å². The monoisotopic (exact) mass is 201 g/mol. The van der Waals surface area contributed by atoms with Crippen LogP contribution in [0.4, 0.5) is 0 Å². The molecule has 0 aromatic heterocycles. The van der Waals surface area contributed by atoms with Gasteiger partial charge in [-0.3, -0.25) is 0 Å². The van der Waals surface area contributed by atoms with E-state index in [0.29, 0.717) is 5.41 Å². The summed E-state index contributed by atoms with van der Waals surface area (Å²) >= 11 is 0. The highest BCUT2D eigenvalue weighted by Gasteiger charge is 2.13. The van der Waals surface area contributed by atoms with Crippen LogP contribution in [0.25, 0.3) is 0 Å². The van der Waals surface area contributed by atoms with Crippen LogP contribution < -0.4 is 11.1 Å². The van der Waals surface area contributed by atoms with Crippen molar-refractivity contribution in [2.24, 2.45) is 16.3 Å². The van der Waals surface area contributed by atoms with Gasteiger partial charge in [0.25, 0.3) is 0 Å². The van der Waals surface area contributed by atoms with Gasteiger partial charge in [-0.25, -0.2) is 0 Å². The first kappa shape index (κ1) is 13.2. The van der Waals surface area contributed by atoms with E-state index < -0.39 is 0 Å². The summed E-state index contributed by atoms with van der Waals surface area (Å²) in [6.45, 7) is 9.47. The number of rotatable bonds is 5. The quantitative estimate of drug-likeness (QED) is 0.273. The minimum absolute atomic E-state index is 0.0117. The van der Waals surface area contributed by atoms with E-state index in [2.05, 4.69) is 31.2 Å². The molecule has 0 aliphatic carbocycles. The van der Waals surface area contributed by atoms with Crippen LogP contribution >= 0.6 is 0 Å². The lowest BCUT2D eigenvalue weighted by Gasteiger charge is -2.21. The van der Waals surface area contributed by atoms with E-state index in [1.807, 2.05) is 6.92 Å². The molecule has 4 heteroatoms. The molecule has 0 spiro atoms. The average Bonchev–Trinajstić information content (AvgIpc) is 2.09. The molecule has 0 fully saturated rings. The summed E-state index contributed by atoms with van der Waals surface area (Å²) in [6.07, 6.45) is 1.91. The molecule has 4 nitrogen and oxygen atoms in total. The average molecular weight is 201 g/mol. The van der Waals surface area contributed by atoms with Crippen molar-refractivity contribution in [1.82, 2.24) is 5.32 Å².